The lowest BCUT2D eigenvalue weighted by molar-refractivity contribution is -0.151. The number of likely N-dealkylation sites (tertiary alicyclic amines) is 1. The van der Waals surface area contributed by atoms with Crippen molar-refractivity contribution in [2.45, 2.75) is 53.1 Å². The van der Waals surface area contributed by atoms with Crippen LogP contribution in [0.1, 0.15) is 38.8 Å². The first-order valence-electron chi connectivity index (χ1n) is 11.7. The van der Waals surface area contributed by atoms with Crippen LogP contribution in [0.5, 0.6) is 0 Å². The van der Waals surface area contributed by atoms with E-state index < -0.39 is 6.09 Å². The van der Waals surface area contributed by atoms with Crippen molar-refractivity contribution in [2.75, 3.05) is 13.2 Å². The average Bonchev–Trinajstić information content (AvgIpc) is 3.15. The number of esters is 1. The highest BCUT2D eigenvalue weighted by atomic mass is 16.6. The Balaban J connectivity index is 1.65. The second-order valence-corrected chi connectivity index (χ2v) is 9.12. The van der Waals surface area contributed by atoms with Crippen LogP contribution < -0.4 is 0 Å². The maximum Gasteiger partial charge on any atom is 0.410 e. The Morgan fingerprint density at radius 1 is 0.909 bits per heavy atom. The first-order chi connectivity index (χ1) is 15.9. The lowest BCUT2D eigenvalue weighted by Gasteiger charge is -2.26. The summed E-state index contributed by atoms with van der Waals surface area (Å²) >= 11 is 0. The molecule has 1 amide bonds. The highest BCUT2D eigenvalue weighted by Crippen LogP contribution is 2.29. The second-order valence-electron chi connectivity index (χ2n) is 9.12. The van der Waals surface area contributed by atoms with Crippen LogP contribution in [0.25, 0.3) is 0 Å². The summed E-state index contributed by atoms with van der Waals surface area (Å²) in [6.45, 7) is 9.05. The summed E-state index contributed by atoms with van der Waals surface area (Å²) in [5, 5.41) is 0. The van der Waals surface area contributed by atoms with E-state index in [9.17, 15) is 9.59 Å². The van der Waals surface area contributed by atoms with Crippen LogP contribution in [0.2, 0.25) is 0 Å². The van der Waals surface area contributed by atoms with E-state index in [2.05, 4.69) is 0 Å². The van der Waals surface area contributed by atoms with E-state index in [1.165, 1.54) is 0 Å². The van der Waals surface area contributed by atoms with Crippen molar-refractivity contribution in [3.63, 3.8) is 0 Å². The number of hydrogen-bond donors (Lipinski definition) is 0. The van der Waals surface area contributed by atoms with Crippen molar-refractivity contribution in [1.82, 2.24) is 4.90 Å². The summed E-state index contributed by atoms with van der Waals surface area (Å²) in [7, 11) is 0. The molecule has 1 heterocycles. The van der Waals surface area contributed by atoms with Crippen molar-refractivity contribution in [3.8, 4) is 0 Å². The van der Waals surface area contributed by atoms with E-state index >= 15 is 0 Å². The van der Waals surface area contributed by atoms with Gasteiger partial charge < -0.3 is 14.2 Å². The van der Waals surface area contributed by atoms with E-state index in [-0.39, 0.29) is 49.1 Å². The van der Waals surface area contributed by atoms with Gasteiger partial charge in [0, 0.05) is 5.92 Å². The van der Waals surface area contributed by atoms with Gasteiger partial charge in [0.15, 0.2) is 0 Å². The van der Waals surface area contributed by atoms with E-state index in [1.54, 1.807) is 4.90 Å². The van der Waals surface area contributed by atoms with E-state index in [0.29, 0.717) is 13.2 Å². The molecule has 0 saturated carbocycles. The van der Waals surface area contributed by atoms with Crippen molar-refractivity contribution >= 4 is 12.1 Å². The average molecular weight is 454 g/mol. The molecule has 0 aliphatic carbocycles. The highest BCUT2D eigenvalue weighted by Gasteiger charge is 2.43. The van der Waals surface area contributed by atoms with Crippen LogP contribution in [0.3, 0.4) is 0 Å². The smallest absolute Gasteiger partial charge is 0.410 e. The molecule has 6 heteroatoms. The molecular weight excluding hydrogens is 418 g/mol. The van der Waals surface area contributed by atoms with Gasteiger partial charge >= 0.3 is 12.1 Å². The number of hydrogen-bond acceptors (Lipinski definition) is 5. The zero-order valence-corrected chi connectivity index (χ0v) is 20.0. The third-order valence-electron chi connectivity index (χ3n) is 6.49. The normalized spacial score (nSPS) is 21.1. The third kappa shape index (κ3) is 6.81. The molecule has 1 aliphatic rings. The van der Waals surface area contributed by atoms with Gasteiger partial charge in [-0.25, -0.2) is 4.79 Å². The van der Waals surface area contributed by atoms with E-state index in [1.807, 2.05) is 88.4 Å². The maximum absolute atomic E-state index is 13.0. The van der Waals surface area contributed by atoms with Crippen LogP contribution in [0, 0.1) is 17.8 Å². The van der Waals surface area contributed by atoms with Gasteiger partial charge in [0.1, 0.15) is 13.2 Å². The van der Waals surface area contributed by atoms with Gasteiger partial charge in [-0.3, -0.25) is 9.69 Å². The minimum absolute atomic E-state index is 0.0138. The van der Waals surface area contributed by atoms with Gasteiger partial charge in [-0.1, -0.05) is 88.4 Å². The standard InChI is InChI=1S/C27H35NO5/c1-19(2)20(3)26(29)32-18-24-21(4)25(31-16-22-11-7-5-8-12-22)15-28(24)27(30)33-17-23-13-9-6-10-14-23/h5-14,19-21,24-25H,15-18H2,1-4H3/t20?,21-,24-,25+/m1/s1. The number of nitrogens with zero attached hydrogens (tertiary/aromatic N) is 1. The molecule has 1 unspecified atom stereocenters. The number of carbonyl (C=O) groups excluding carboxylic acids is 2. The summed E-state index contributed by atoms with van der Waals surface area (Å²) in [4.78, 5) is 27.1. The Hall–Kier alpha value is -2.86. The molecule has 33 heavy (non-hydrogen) atoms. The molecule has 2 aromatic rings. The predicted molar refractivity (Wildman–Crippen MR) is 126 cm³/mol. The Labute approximate surface area is 196 Å². The summed E-state index contributed by atoms with van der Waals surface area (Å²) < 4.78 is 17.4. The van der Waals surface area contributed by atoms with Crippen molar-refractivity contribution in [1.29, 1.82) is 0 Å². The molecule has 0 spiro atoms. The molecule has 4 atom stereocenters. The van der Waals surface area contributed by atoms with Gasteiger partial charge in [-0.05, 0) is 17.0 Å². The van der Waals surface area contributed by atoms with Crippen LogP contribution in [-0.2, 0) is 32.2 Å². The zero-order valence-electron chi connectivity index (χ0n) is 20.0. The number of ether oxygens (including phenoxy) is 3. The fourth-order valence-electron chi connectivity index (χ4n) is 3.83. The zero-order chi connectivity index (χ0) is 23.8. The first kappa shape index (κ1) is 24.8. The van der Waals surface area contributed by atoms with Gasteiger partial charge in [0.2, 0.25) is 0 Å². The fraction of sp³-hybridized carbons (Fsp3) is 0.481. The SMILES string of the molecule is CC(C)C(C)C(=O)OC[C@@H]1[C@@H](C)[C@@H](OCc2ccccc2)CN1C(=O)OCc1ccccc1. The van der Waals surface area contributed by atoms with Crippen molar-refractivity contribution in [2.24, 2.45) is 17.8 Å². The Bertz CT molecular complexity index is 886. The molecule has 0 bridgehead atoms. The molecular formula is C27H35NO5. The fourth-order valence-corrected chi connectivity index (χ4v) is 3.83. The summed E-state index contributed by atoms with van der Waals surface area (Å²) in [6.07, 6.45) is -0.602. The molecule has 0 radical (unpaired) electrons. The quantitative estimate of drug-likeness (QED) is 0.496. The van der Waals surface area contributed by atoms with Crippen molar-refractivity contribution in [3.05, 3.63) is 71.8 Å². The monoisotopic (exact) mass is 453 g/mol. The lowest BCUT2D eigenvalue weighted by atomic mass is 9.98. The highest BCUT2D eigenvalue weighted by molar-refractivity contribution is 5.72. The molecule has 3 rings (SSSR count). The number of amides is 1. The first-order valence-corrected chi connectivity index (χ1v) is 11.7. The van der Waals surface area contributed by atoms with Gasteiger partial charge in [0.05, 0.1) is 31.2 Å². The number of benzene rings is 2. The number of carbonyl (C=O) groups is 2. The molecule has 1 saturated heterocycles. The maximum atomic E-state index is 13.0. The number of rotatable bonds is 9. The Morgan fingerprint density at radius 3 is 2.06 bits per heavy atom. The summed E-state index contributed by atoms with van der Waals surface area (Å²) in [6, 6.07) is 19.2. The molecule has 0 aromatic heterocycles. The molecule has 6 nitrogen and oxygen atoms in total. The van der Waals surface area contributed by atoms with Crippen LogP contribution in [0.4, 0.5) is 4.79 Å². The molecule has 2 aromatic carbocycles. The summed E-state index contributed by atoms with van der Waals surface area (Å²) in [5.41, 5.74) is 1.99. The topological polar surface area (TPSA) is 65.1 Å². The Kier molecular flexibility index (Phi) is 8.89. The molecule has 178 valence electrons. The molecule has 0 N–H and O–H groups in total. The van der Waals surface area contributed by atoms with Gasteiger partial charge in [-0.2, -0.15) is 0 Å². The van der Waals surface area contributed by atoms with Crippen LogP contribution in [0.15, 0.2) is 60.7 Å². The van der Waals surface area contributed by atoms with Crippen molar-refractivity contribution < 1.29 is 23.8 Å². The van der Waals surface area contributed by atoms with E-state index in [4.69, 9.17) is 14.2 Å². The van der Waals surface area contributed by atoms with E-state index in [0.717, 1.165) is 11.1 Å². The largest absolute Gasteiger partial charge is 0.463 e. The minimum atomic E-state index is -0.422. The van der Waals surface area contributed by atoms with Crippen LogP contribution >= 0.6 is 0 Å². The van der Waals surface area contributed by atoms with Gasteiger partial charge in [0.25, 0.3) is 0 Å². The van der Waals surface area contributed by atoms with Gasteiger partial charge in [-0.15, -0.1) is 0 Å². The predicted octanol–water partition coefficient (Wildman–Crippen LogP) is 5.06. The third-order valence-corrected chi connectivity index (χ3v) is 6.49. The minimum Gasteiger partial charge on any atom is -0.463 e. The molecule has 1 fully saturated rings. The molecule has 1 aliphatic heterocycles. The van der Waals surface area contributed by atoms with Crippen LogP contribution in [-0.4, -0.2) is 42.3 Å². The summed E-state index contributed by atoms with van der Waals surface area (Å²) in [5.74, 6) is -0.277. The lowest BCUT2D eigenvalue weighted by Crippen LogP contribution is -2.41. The Morgan fingerprint density at radius 2 is 1.48 bits per heavy atom. The second kappa shape index (κ2) is 11.8.